The smallest absolute Gasteiger partial charge is 0.257 e. The normalized spacial score (nSPS) is 18.5. The SMILES string of the molecule is O=C(c1cnn(Cc2ccccc2)c1)N1CCC(NCC2CC2)CC1. The van der Waals surface area contributed by atoms with E-state index in [-0.39, 0.29) is 5.91 Å². The Bertz CT molecular complexity index is 699. The molecule has 1 saturated heterocycles. The molecule has 2 aromatic rings. The fourth-order valence-electron chi connectivity index (χ4n) is 3.46. The van der Waals surface area contributed by atoms with Gasteiger partial charge < -0.3 is 10.2 Å². The minimum atomic E-state index is 0.111. The summed E-state index contributed by atoms with van der Waals surface area (Å²) in [7, 11) is 0. The Balaban J connectivity index is 1.29. The summed E-state index contributed by atoms with van der Waals surface area (Å²) in [5, 5.41) is 8.01. The molecule has 1 aliphatic carbocycles. The number of nitrogens with one attached hydrogen (secondary N) is 1. The molecular formula is C20H26N4O. The van der Waals surface area contributed by atoms with Gasteiger partial charge in [0.15, 0.2) is 0 Å². The molecule has 1 saturated carbocycles. The summed E-state index contributed by atoms with van der Waals surface area (Å²) in [5.41, 5.74) is 1.88. The number of piperidine rings is 1. The van der Waals surface area contributed by atoms with Crippen LogP contribution < -0.4 is 5.32 Å². The molecule has 25 heavy (non-hydrogen) atoms. The topological polar surface area (TPSA) is 50.2 Å². The lowest BCUT2D eigenvalue weighted by atomic mass is 10.0. The second kappa shape index (κ2) is 7.40. The average molecular weight is 338 g/mol. The first-order valence-corrected chi connectivity index (χ1v) is 9.37. The molecule has 0 bridgehead atoms. The monoisotopic (exact) mass is 338 g/mol. The van der Waals surface area contributed by atoms with Crippen LogP contribution in [0.1, 0.15) is 41.6 Å². The largest absolute Gasteiger partial charge is 0.338 e. The zero-order valence-corrected chi connectivity index (χ0v) is 14.6. The molecule has 0 unspecified atom stereocenters. The van der Waals surface area contributed by atoms with Crippen molar-refractivity contribution in [3.05, 3.63) is 53.9 Å². The molecule has 1 aromatic carbocycles. The first-order chi connectivity index (χ1) is 12.3. The van der Waals surface area contributed by atoms with Crippen molar-refractivity contribution >= 4 is 5.91 Å². The number of aromatic nitrogens is 2. The van der Waals surface area contributed by atoms with E-state index in [0.29, 0.717) is 18.2 Å². The van der Waals surface area contributed by atoms with Crippen LogP contribution in [0.2, 0.25) is 0 Å². The van der Waals surface area contributed by atoms with Crippen molar-refractivity contribution in [3.8, 4) is 0 Å². The van der Waals surface area contributed by atoms with E-state index in [1.54, 1.807) is 6.20 Å². The maximum absolute atomic E-state index is 12.7. The van der Waals surface area contributed by atoms with Crippen molar-refractivity contribution in [3.63, 3.8) is 0 Å². The average Bonchev–Trinajstić information content (AvgIpc) is 3.38. The van der Waals surface area contributed by atoms with E-state index >= 15 is 0 Å². The van der Waals surface area contributed by atoms with Crippen LogP contribution in [-0.4, -0.2) is 46.3 Å². The van der Waals surface area contributed by atoms with E-state index in [0.717, 1.165) is 38.4 Å². The van der Waals surface area contributed by atoms with Crippen LogP contribution in [0.5, 0.6) is 0 Å². The van der Waals surface area contributed by atoms with Crippen molar-refractivity contribution in [2.75, 3.05) is 19.6 Å². The third-order valence-electron chi connectivity index (χ3n) is 5.24. The maximum Gasteiger partial charge on any atom is 0.257 e. The number of carbonyl (C=O) groups is 1. The first-order valence-electron chi connectivity index (χ1n) is 9.37. The van der Waals surface area contributed by atoms with Gasteiger partial charge in [-0.05, 0) is 43.7 Å². The van der Waals surface area contributed by atoms with E-state index in [9.17, 15) is 4.79 Å². The standard InChI is InChI=1S/C20H26N4O/c25-20(23-10-8-19(9-11-23)21-12-16-6-7-16)18-13-22-24(15-18)14-17-4-2-1-3-5-17/h1-5,13,15-16,19,21H,6-12,14H2. The van der Waals surface area contributed by atoms with Gasteiger partial charge in [-0.1, -0.05) is 30.3 Å². The summed E-state index contributed by atoms with van der Waals surface area (Å²) < 4.78 is 1.84. The Hall–Kier alpha value is -2.14. The van der Waals surface area contributed by atoms with E-state index in [1.807, 2.05) is 34.0 Å². The Labute approximate surface area is 149 Å². The van der Waals surface area contributed by atoms with Gasteiger partial charge in [0.05, 0.1) is 18.3 Å². The van der Waals surface area contributed by atoms with Crippen molar-refractivity contribution in [2.24, 2.45) is 5.92 Å². The zero-order valence-electron chi connectivity index (χ0n) is 14.6. The molecule has 5 heteroatoms. The molecule has 4 rings (SSSR count). The van der Waals surface area contributed by atoms with E-state index in [1.165, 1.54) is 18.4 Å². The van der Waals surface area contributed by atoms with Crippen molar-refractivity contribution in [1.29, 1.82) is 0 Å². The predicted molar refractivity (Wildman–Crippen MR) is 97.4 cm³/mol. The fraction of sp³-hybridized carbons (Fsp3) is 0.500. The Kier molecular flexibility index (Phi) is 4.83. The molecule has 1 aliphatic heterocycles. The molecule has 1 amide bonds. The van der Waals surface area contributed by atoms with Gasteiger partial charge in [-0.15, -0.1) is 0 Å². The number of hydrogen-bond donors (Lipinski definition) is 1. The molecule has 0 spiro atoms. The molecule has 2 aliphatic rings. The molecule has 2 fully saturated rings. The number of rotatable bonds is 6. The van der Waals surface area contributed by atoms with E-state index < -0.39 is 0 Å². The number of amides is 1. The van der Waals surface area contributed by atoms with Gasteiger partial charge in [0.1, 0.15) is 0 Å². The minimum Gasteiger partial charge on any atom is -0.338 e. The van der Waals surface area contributed by atoms with Crippen molar-refractivity contribution < 1.29 is 4.79 Å². The number of hydrogen-bond acceptors (Lipinski definition) is 3. The lowest BCUT2D eigenvalue weighted by Crippen LogP contribution is -2.45. The highest BCUT2D eigenvalue weighted by Gasteiger charge is 2.26. The molecule has 132 valence electrons. The number of carbonyl (C=O) groups excluding carboxylic acids is 1. The number of nitrogens with zero attached hydrogens (tertiary/aromatic N) is 3. The Morgan fingerprint density at radius 1 is 1.12 bits per heavy atom. The van der Waals surface area contributed by atoms with Crippen LogP contribution in [0.25, 0.3) is 0 Å². The van der Waals surface area contributed by atoms with Gasteiger partial charge in [0.25, 0.3) is 5.91 Å². The Morgan fingerprint density at radius 3 is 2.60 bits per heavy atom. The summed E-state index contributed by atoms with van der Waals surface area (Å²) in [6, 6.07) is 10.8. The van der Waals surface area contributed by atoms with Gasteiger partial charge in [-0.3, -0.25) is 9.48 Å². The van der Waals surface area contributed by atoms with Crippen LogP contribution in [0.15, 0.2) is 42.7 Å². The molecule has 1 aromatic heterocycles. The van der Waals surface area contributed by atoms with Crippen molar-refractivity contribution in [2.45, 2.75) is 38.3 Å². The van der Waals surface area contributed by atoms with Crippen molar-refractivity contribution in [1.82, 2.24) is 20.0 Å². The lowest BCUT2D eigenvalue weighted by Gasteiger charge is -2.32. The summed E-state index contributed by atoms with van der Waals surface area (Å²) in [4.78, 5) is 14.7. The third-order valence-corrected chi connectivity index (χ3v) is 5.24. The highest BCUT2D eigenvalue weighted by atomic mass is 16.2. The quantitative estimate of drug-likeness (QED) is 0.880. The van der Waals surface area contributed by atoms with Crippen LogP contribution in [0, 0.1) is 5.92 Å². The second-order valence-corrected chi connectivity index (χ2v) is 7.33. The molecule has 0 atom stereocenters. The van der Waals surface area contributed by atoms with E-state index in [4.69, 9.17) is 0 Å². The first kappa shape index (κ1) is 16.3. The fourth-order valence-corrected chi connectivity index (χ4v) is 3.46. The van der Waals surface area contributed by atoms with Crippen LogP contribution in [0.4, 0.5) is 0 Å². The molecule has 1 N–H and O–H groups in total. The number of benzene rings is 1. The van der Waals surface area contributed by atoms with Gasteiger partial charge in [-0.25, -0.2) is 0 Å². The highest BCUT2D eigenvalue weighted by molar-refractivity contribution is 5.93. The maximum atomic E-state index is 12.7. The highest BCUT2D eigenvalue weighted by Crippen LogP contribution is 2.28. The molecule has 5 nitrogen and oxygen atoms in total. The van der Waals surface area contributed by atoms with Crippen LogP contribution in [-0.2, 0) is 6.54 Å². The summed E-state index contributed by atoms with van der Waals surface area (Å²) >= 11 is 0. The summed E-state index contributed by atoms with van der Waals surface area (Å²) in [6.07, 6.45) is 8.44. The van der Waals surface area contributed by atoms with E-state index in [2.05, 4.69) is 22.5 Å². The molecule has 2 heterocycles. The summed E-state index contributed by atoms with van der Waals surface area (Å²) in [6.45, 7) is 3.53. The summed E-state index contributed by atoms with van der Waals surface area (Å²) in [5.74, 6) is 1.02. The van der Waals surface area contributed by atoms with Crippen LogP contribution >= 0.6 is 0 Å². The molecule has 0 radical (unpaired) electrons. The zero-order chi connectivity index (χ0) is 17.1. The minimum absolute atomic E-state index is 0.111. The predicted octanol–water partition coefficient (Wildman–Crippen LogP) is 2.54. The van der Waals surface area contributed by atoms with Gasteiger partial charge >= 0.3 is 0 Å². The third kappa shape index (κ3) is 4.28. The van der Waals surface area contributed by atoms with Gasteiger partial charge in [-0.2, -0.15) is 5.10 Å². The van der Waals surface area contributed by atoms with Crippen LogP contribution in [0.3, 0.4) is 0 Å². The molecular weight excluding hydrogens is 312 g/mol. The van der Waals surface area contributed by atoms with Gasteiger partial charge in [0, 0.05) is 25.3 Å². The lowest BCUT2D eigenvalue weighted by molar-refractivity contribution is 0.0705. The van der Waals surface area contributed by atoms with Gasteiger partial charge in [0.2, 0.25) is 0 Å². The number of likely N-dealkylation sites (tertiary alicyclic amines) is 1. The Morgan fingerprint density at radius 2 is 1.88 bits per heavy atom. The second-order valence-electron chi connectivity index (χ2n) is 7.33.